The monoisotopic (exact) mass is 1430 g/mol. The van der Waals surface area contributed by atoms with Gasteiger partial charge in [-0.15, -0.1) is 0 Å². The summed E-state index contributed by atoms with van der Waals surface area (Å²) in [5.74, 6) is -16.1. The molecule has 0 aliphatic carbocycles. The van der Waals surface area contributed by atoms with Crippen molar-refractivity contribution in [1.29, 1.82) is 0 Å². The highest BCUT2D eigenvalue weighted by atomic mass is 16.8. The lowest BCUT2D eigenvalue weighted by Gasteiger charge is -2.51. The van der Waals surface area contributed by atoms with Crippen LogP contribution in [0, 0.1) is 0 Å². The van der Waals surface area contributed by atoms with Gasteiger partial charge in [0.25, 0.3) is 0 Å². The van der Waals surface area contributed by atoms with Crippen molar-refractivity contribution in [2.75, 3.05) is 33.0 Å². The van der Waals surface area contributed by atoms with Crippen LogP contribution in [-0.4, -0.2) is 275 Å². The summed E-state index contributed by atoms with van der Waals surface area (Å²) in [5, 5.41) is 11.2. The van der Waals surface area contributed by atoms with Crippen molar-refractivity contribution in [1.82, 2.24) is 0 Å². The van der Waals surface area contributed by atoms with E-state index in [1.807, 2.05) is 0 Å². The number of aliphatic hydroxyl groups excluding tert-OH is 1. The van der Waals surface area contributed by atoms with E-state index >= 15 is 0 Å². The number of rotatable bonds is 27. The second-order valence-corrected chi connectivity index (χ2v) is 22.4. The Morgan fingerprint density at radius 2 is 0.505 bits per heavy atom. The number of aliphatic hydroxyl groups is 1. The molecule has 0 aromatic rings. The van der Waals surface area contributed by atoms with Gasteiger partial charge in [0.05, 0.1) is 13.2 Å². The second kappa shape index (κ2) is 37.2. The average molecular weight is 1430 g/mol. The molecule has 5 saturated heterocycles. The number of hydrogen-bond acceptors (Lipinski definition) is 40. The highest BCUT2D eigenvalue weighted by Crippen LogP contribution is 2.40. The first-order valence-corrected chi connectivity index (χ1v) is 30.3. The van der Waals surface area contributed by atoms with Gasteiger partial charge < -0.3 is 119 Å². The fourth-order valence-electron chi connectivity index (χ4n) is 10.9. The highest BCUT2D eigenvalue weighted by Gasteiger charge is 2.62. The van der Waals surface area contributed by atoms with E-state index in [0.717, 1.165) is 104 Å². The SMILES string of the molecule is CC(=O)OC[C@H]1O[C@@H](O[C@H]2[C@H](OC(C)=O)[C@@H](OC(C)=O)[C@H](O[C@H]3[C@H](OC(C)=O)[C@@H](OC(C)=O)[C@H](O[C@H]4[C@H](OC(C)=O)[C@@H](OC(C)=O)[C@H](O)O[C@@H]4COC(C)=O)O[C@@H]3CO[C@H]3OC[C@@H](OC(C)=O)[C@H](OC(C)=O)[C@H]3OC(C)=O)O[C@@H]2COC(C)=O)[C@H](OC(C)=O)[C@@H](OC(C)=O)[C@H]1OC(C)=O. The first kappa shape index (κ1) is 81.3. The maximum absolute atomic E-state index is 13.7. The molecule has 0 amide bonds. The van der Waals surface area contributed by atoms with Crippen molar-refractivity contribution in [2.24, 2.45) is 0 Å². The molecule has 40 nitrogen and oxygen atoms in total. The van der Waals surface area contributed by atoms with E-state index in [2.05, 4.69) is 0 Å². The minimum Gasteiger partial charge on any atom is -0.463 e. The Kier molecular flexibility index (Phi) is 30.5. The van der Waals surface area contributed by atoms with Gasteiger partial charge in [0.15, 0.2) is 105 Å². The predicted molar refractivity (Wildman–Crippen MR) is 304 cm³/mol. The van der Waals surface area contributed by atoms with Crippen molar-refractivity contribution in [2.45, 2.75) is 251 Å². The van der Waals surface area contributed by atoms with E-state index in [9.17, 15) is 77.0 Å². The topological polar surface area (TPSA) is 498 Å². The van der Waals surface area contributed by atoms with Crippen LogP contribution >= 0.6 is 0 Å². The zero-order valence-electron chi connectivity index (χ0n) is 56.3. The van der Waals surface area contributed by atoms with Crippen LogP contribution in [0.15, 0.2) is 0 Å². The van der Waals surface area contributed by atoms with E-state index in [-0.39, 0.29) is 0 Å². The summed E-state index contributed by atoms with van der Waals surface area (Å²) in [6.07, 6.45) is -48.2. The molecule has 1 N–H and O–H groups in total. The summed E-state index contributed by atoms with van der Waals surface area (Å²) in [7, 11) is 0. The molecule has 0 radical (unpaired) electrons. The summed E-state index contributed by atoms with van der Waals surface area (Å²) in [6, 6.07) is 0. The molecule has 0 saturated carbocycles. The molecule has 5 heterocycles. The lowest BCUT2D eigenvalue weighted by atomic mass is 9.94. The zero-order chi connectivity index (χ0) is 74.0. The highest BCUT2D eigenvalue weighted by molar-refractivity contribution is 5.72. The molecule has 5 aliphatic rings. The smallest absolute Gasteiger partial charge is 0.303 e. The van der Waals surface area contributed by atoms with E-state index in [1.165, 1.54) is 0 Å². The lowest BCUT2D eigenvalue weighted by molar-refractivity contribution is -0.390. The number of hydrogen-bond donors (Lipinski definition) is 1. The fourth-order valence-corrected chi connectivity index (χ4v) is 10.9. The molecule has 24 atom stereocenters. The van der Waals surface area contributed by atoms with Crippen LogP contribution in [0.4, 0.5) is 0 Å². The van der Waals surface area contributed by atoms with Crippen LogP contribution in [0.3, 0.4) is 0 Å². The van der Waals surface area contributed by atoms with Crippen molar-refractivity contribution in [3.05, 3.63) is 0 Å². The number of ether oxygens (including phenoxy) is 24. The largest absolute Gasteiger partial charge is 0.463 e. The van der Waals surface area contributed by atoms with Gasteiger partial charge in [-0.3, -0.25) is 71.9 Å². The van der Waals surface area contributed by atoms with Gasteiger partial charge in [-0.2, -0.15) is 0 Å². The van der Waals surface area contributed by atoms with Gasteiger partial charge >= 0.3 is 89.5 Å². The van der Waals surface area contributed by atoms with Crippen LogP contribution < -0.4 is 0 Å². The standard InChI is InChI=1S/C59H80O40/c1-21(60)76-16-37-42(46(84-27(7)66)50(55(75)93-37)88-31(11)70)97-59-54(92-35(15)74)49(87-30(10)69)44(40(96-59)20-80-56-51(89-32(12)71)45(83-26(6)65)36(19-79-56)81-24(4)63)99-58-53(91-34(14)73)48(86-29(9)68)43(39(95-58)18-78-23(3)62)98-57-52(90-33(13)72)47(85-28(8)67)41(82-25(5)64)38(94-57)17-77-22(2)61/h36-59,75H,16-20H2,1-15H3/t36-,37-,38-,39-,40-,41+,42-,43-,44-,45+,46+,47+,48+,49+,50-,51-,52-,53-,54-,55-,56-,57+,58+,59+/m1/s1. The molecular formula is C59H80O40. The molecule has 5 aliphatic heterocycles. The molecule has 0 aromatic heterocycles. The van der Waals surface area contributed by atoms with Crippen molar-refractivity contribution < 1.29 is 191 Å². The van der Waals surface area contributed by atoms with Gasteiger partial charge in [0.2, 0.25) is 0 Å². The molecular weight excluding hydrogens is 1350 g/mol. The molecule has 0 unspecified atom stereocenters. The van der Waals surface area contributed by atoms with Crippen molar-refractivity contribution in [3.63, 3.8) is 0 Å². The maximum Gasteiger partial charge on any atom is 0.303 e. The lowest BCUT2D eigenvalue weighted by Crippen LogP contribution is -2.69. The first-order valence-electron chi connectivity index (χ1n) is 30.3. The minimum atomic E-state index is -2.35. The number of esters is 15. The minimum absolute atomic E-state index is 0.651. The van der Waals surface area contributed by atoms with E-state index in [0.29, 0.717) is 0 Å². The summed E-state index contributed by atoms with van der Waals surface area (Å²) in [4.78, 5) is 193. The Bertz CT molecular complexity index is 2930. The van der Waals surface area contributed by atoms with Crippen LogP contribution in [-0.2, 0) is 186 Å². The van der Waals surface area contributed by atoms with Crippen molar-refractivity contribution >= 4 is 89.5 Å². The molecule has 5 fully saturated rings. The van der Waals surface area contributed by atoms with E-state index in [1.54, 1.807) is 0 Å². The van der Waals surface area contributed by atoms with Gasteiger partial charge in [-0.25, -0.2) is 0 Å². The van der Waals surface area contributed by atoms with Crippen LogP contribution in [0.25, 0.3) is 0 Å². The first-order chi connectivity index (χ1) is 46.3. The number of carbonyl (C=O) groups is 15. The van der Waals surface area contributed by atoms with E-state index < -0.39 is 270 Å². The summed E-state index contributed by atoms with van der Waals surface area (Å²) in [5.41, 5.74) is 0. The summed E-state index contributed by atoms with van der Waals surface area (Å²) >= 11 is 0. The molecule has 556 valence electrons. The Morgan fingerprint density at radius 3 is 0.828 bits per heavy atom. The van der Waals surface area contributed by atoms with Gasteiger partial charge in [0, 0.05) is 104 Å². The van der Waals surface area contributed by atoms with Gasteiger partial charge in [0.1, 0.15) is 62.5 Å². The summed E-state index contributed by atoms with van der Waals surface area (Å²) < 4.78 is 140. The Morgan fingerprint density at radius 1 is 0.263 bits per heavy atom. The van der Waals surface area contributed by atoms with Crippen molar-refractivity contribution in [3.8, 4) is 0 Å². The third kappa shape index (κ3) is 24.2. The van der Waals surface area contributed by atoms with Crippen LogP contribution in [0.2, 0.25) is 0 Å². The molecule has 0 spiro atoms. The molecule has 99 heavy (non-hydrogen) atoms. The van der Waals surface area contributed by atoms with Crippen LogP contribution in [0.1, 0.15) is 104 Å². The zero-order valence-corrected chi connectivity index (χ0v) is 56.3. The third-order valence-electron chi connectivity index (χ3n) is 14.1. The molecule has 40 heteroatoms. The number of carbonyl (C=O) groups excluding carboxylic acids is 15. The maximum atomic E-state index is 13.7. The molecule has 5 rings (SSSR count). The van der Waals surface area contributed by atoms with Crippen LogP contribution in [0.5, 0.6) is 0 Å². The summed E-state index contributed by atoms with van der Waals surface area (Å²) in [6.45, 7) is 9.45. The normalized spacial score (nSPS) is 33.3. The quantitative estimate of drug-likeness (QED) is 0.0645. The van der Waals surface area contributed by atoms with Gasteiger partial charge in [-0.1, -0.05) is 0 Å². The Labute approximate surface area is 563 Å². The van der Waals surface area contributed by atoms with E-state index in [4.69, 9.17) is 114 Å². The predicted octanol–water partition coefficient (Wildman–Crippen LogP) is -2.72. The second-order valence-electron chi connectivity index (χ2n) is 22.4. The average Bonchev–Trinajstić information content (AvgIpc) is 0.764. The third-order valence-corrected chi connectivity index (χ3v) is 14.1. The fraction of sp³-hybridized carbons (Fsp3) is 0.746. The Balaban J connectivity index is 1.80. The van der Waals surface area contributed by atoms with Gasteiger partial charge in [-0.05, 0) is 0 Å². The molecule has 0 aromatic carbocycles. The Hall–Kier alpha value is -8.35. The molecule has 0 bridgehead atoms.